The number of ether oxygens (including phenoxy) is 1. The van der Waals surface area contributed by atoms with E-state index in [2.05, 4.69) is 41.8 Å². The van der Waals surface area contributed by atoms with E-state index in [9.17, 15) is 14.4 Å². The summed E-state index contributed by atoms with van der Waals surface area (Å²) in [6.07, 6.45) is 3.01. The van der Waals surface area contributed by atoms with Crippen molar-refractivity contribution in [3.8, 4) is 11.3 Å². The van der Waals surface area contributed by atoms with Gasteiger partial charge in [-0.25, -0.2) is 14.8 Å². The van der Waals surface area contributed by atoms with E-state index in [1.54, 1.807) is 47.8 Å². The molecule has 0 atom stereocenters. The topological polar surface area (TPSA) is 132 Å². The smallest absolute Gasteiger partial charge is 0.412 e. The van der Waals surface area contributed by atoms with Crippen LogP contribution in [0.4, 0.5) is 21.9 Å². The van der Waals surface area contributed by atoms with Crippen LogP contribution < -0.4 is 16.0 Å². The average Bonchev–Trinajstić information content (AvgIpc) is 3.54. The quantitative estimate of drug-likeness (QED) is 0.176. The number of imidazole rings is 2. The highest BCUT2D eigenvalue weighted by atomic mass is 79.9. The Hall–Kier alpha value is -5.23. The maximum absolute atomic E-state index is 12.5. The fourth-order valence-electron chi connectivity index (χ4n) is 4.02. The molecule has 0 bridgehead atoms. The number of carbonyl (C=O) groups excluding carboxylic acids is 3. The second-order valence-corrected chi connectivity index (χ2v) is 11.7. The zero-order chi connectivity index (χ0) is 32.6. The number of para-hydroxylation sites is 2. The zero-order valence-electron chi connectivity index (χ0n) is 25.5. The van der Waals surface area contributed by atoms with Gasteiger partial charge in [0.2, 0.25) is 0 Å². The number of halogens is 1. The number of anilines is 3. The van der Waals surface area contributed by atoms with Crippen molar-refractivity contribution in [3.63, 3.8) is 0 Å². The molecule has 0 saturated heterocycles. The Kier molecular flexibility index (Phi) is 10.5. The highest BCUT2D eigenvalue weighted by Gasteiger charge is 2.18. The van der Waals surface area contributed by atoms with Crippen molar-refractivity contribution in [3.05, 3.63) is 114 Å². The lowest BCUT2D eigenvalue weighted by Crippen LogP contribution is -2.27. The summed E-state index contributed by atoms with van der Waals surface area (Å²) in [5.74, 6) is 0.170. The van der Waals surface area contributed by atoms with E-state index in [4.69, 9.17) is 4.74 Å². The van der Waals surface area contributed by atoms with Gasteiger partial charge in [0.1, 0.15) is 10.2 Å². The van der Waals surface area contributed by atoms with Gasteiger partial charge in [-0.3, -0.25) is 14.9 Å². The molecule has 0 aliphatic rings. The molecule has 0 saturated carbocycles. The van der Waals surface area contributed by atoms with Crippen LogP contribution in [0.1, 0.15) is 42.0 Å². The van der Waals surface area contributed by atoms with Crippen LogP contribution in [0, 0.1) is 0 Å². The lowest BCUT2D eigenvalue weighted by molar-refractivity contribution is 0.0635. The first kappa shape index (κ1) is 32.7. The van der Waals surface area contributed by atoms with Crippen LogP contribution in [0.3, 0.4) is 0 Å². The summed E-state index contributed by atoms with van der Waals surface area (Å²) in [5, 5.41) is 8.29. The van der Waals surface area contributed by atoms with Crippen LogP contribution in [0.2, 0.25) is 0 Å². The molecule has 2 heterocycles. The van der Waals surface area contributed by atoms with E-state index in [0.29, 0.717) is 33.3 Å². The predicted molar refractivity (Wildman–Crippen MR) is 178 cm³/mol. The lowest BCUT2D eigenvalue weighted by Gasteiger charge is -2.19. The summed E-state index contributed by atoms with van der Waals surface area (Å²) in [7, 11) is 3.55. The van der Waals surface area contributed by atoms with Gasteiger partial charge in [0, 0.05) is 49.1 Å². The molecule has 3 amide bonds. The molecule has 0 unspecified atom stereocenters. The molecule has 3 aromatic carbocycles. The van der Waals surface area contributed by atoms with Crippen LogP contribution >= 0.6 is 15.9 Å². The van der Waals surface area contributed by atoms with Gasteiger partial charge in [-0.2, -0.15) is 0 Å². The summed E-state index contributed by atoms with van der Waals surface area (Å²) in [4.78, 5) is 44.7. The fourth-order valence-corrected chi connectivity index (χ4v) is 4.50. The Morgan fingerprint density at radius 1 is 0.667 bits per heavy atom. The van der Waals surface area contributed by atoms with Crippen LogP contribution in [0.15, 0.2) is 102 Å². The van der Waals surface area contributed by atoms with Crippen molar-refractivity contribution >= 4 is 50.9 Å². The van der Waals surface area contributed by atoms with Gasteiger partial charge in [-0.15, -0.1) is 0 Å². The molecular formula is C33H34BrN7O4. The summed E-state index contributed by atoms with van der Waals surface area (Å²) >= 11 is 3.22. The van der Waals surface area contributed by atoms with E-state index in [1.165, 1.54) is 0 Å². The third-order valence-electron chi connectivity index (χ3n) is 6.02. The molecule has 0 aliphatic carbocycles. The van der Waals surface area contributed by atoms with Gasteiger partial charge in [-0.1, -0.05) is 48.5 Å². The molecule has 0 spiro atoms. The first-order valence-electron chi connectivity index (χ1n) is 13.9. The molecule has 5 aromatic rings. The molecule has 0 aliphatic heterocycles. The second kappa shape index (κ2) is 14.5. The molecule has 3 N–H and O–H groups in total. The molecule has 0 radical (unpaired) electrons. The molecule has 11 nitrogen and oxygen atoms in total. The van der Waals surface area contributed by atoms with Crippen molar-refractivity contribution < 1.29 is 19.1 Å². The minimum atomic E-state index is -0.561. The largest absolute Gasteiger partial charge is 0.444 e. The van der Waals surface area contributed by atoms with Crippen LogP contribution in [0.5, 0.6) is 0 Å². The third kappa shape index (κ3) is 9.63. The number of nitrogens with zero attached hydrogens (tertiary/aromatic N) is 4. The van der Waals surface area contributed by atoms with Gasteiger partial charge in [0.15, 0.2) is 11.6 Å². The standard InChI is InChI=1S/C22H24N4O3.C11H10BrN3O/c1-22(2,3)29-21(28)24-17-12-10-15(11-13-17)18-14-26(4)19(25-18)20(27)23-16-8-6-5-7-9-16;1-15-7-9(12)14-10(15)11(16)13-8-5-3-2-4-6-8/h5-14H,1-4H3,(H,23,27)(H,24,28);2-7H,1H3,(H,13,16). The minimum absolute atomic E-state index is 0.223. The Labute approximate surface area is 269 Å². The van der Waals surface area contributed by atoms with Crippen LogP contribution in [-0.4, -0.2) is 42.6 Å². The monoisotopic (exact) mass is 671 g/mol. The van der Waals surface area contributed by atoms with Crippen molar-refractivity contribution in [2.45, 2.75) is 26.4 Å². The van der Waals surface area contributed by atoms with Crippen LogP contribution in [0.25, 0.3) is 11.3 Å². The lowest BCUT2D eigenvalue weighted by atomic mass is 10.1. The number of benzene rings is 3. The van der Waals surface area contributed by atoms with Gasteiger partial charge >= 0.3 is 6.09 Å². The number of hydrogen-bond acceptors (Lipinski definition) is 6. The minimum Gasteiger partial charge on any atom is -0.444 e. The fraction of sp³-hybridized carbons (Fsp3) is 0.182. The van der Waals surface area contributed by atoms with Gasteiger partial charge in [0.05, 0.1) is 5.69 Å². The maximum Gasteiger partial charge on any atom is 0.412 e. The van der Waals surface area contributed by atoms with E-state index in [1.807, 2.05) is 93.6 Å². The average molecular weight is 673 g/mol. The summed E-state index contributed by atoms with van der Waals surface area (Å²) in [6.45, 7) is 5.42. The normalized spacial score (nSPS) is 10.7. The SMILES string of the molecule is Cn1cc(-c2ccc(NC(=O)OC(C)(C)C)cc2)nc1C(=O)Nc1ccccc1.Cn1cc(Br)nc1C(=O)Nc1ccccc1. The molecule has 5 rings (SSSR count). The summed E-state index contributed by atoms with van der Waals surface area (Å²) < 4.78 is 9.24. The summed E-state index contributed by atoms with van der Waals surface area (Å²) in [6, 6.07) is 25.7. The van der Waals surface area contributed by atoms with E-state index < -0.39 is 11.7 Å². The molecule has 232 valence electrons. The van der Waals surface area contributed by atoms with Crippen molar-refractivity contribution in [1.29, 1.82) is 0 Å². The Morgan fingerprint density at radius 2 is 1.13 bits per heavy atom. The second-order valence-electron chi connectivity index (χ2n) is 10.9. The number of aryl methyl sites for hydroxylation is 2. The highest BCUT2D eigenvalue weighted by Crippen LogP contribution is 2.22. The Morgan fingerprint density at radius 3 is 1.60 bits per heavy atom. The van der Waals surface area contributed by atoms with Gasteiger partial charge in [0.25, 0.3) is 11.8 Å². The van der Waals surface area contributed by atoms with E-state index >= 15 is 0 Å². The Balaban J connectivity index is 0.000000242. The number of aromatic nitrogens is 4. The first-order chi connectivity index (χ1) is 21.4. The number of nitrogens with one attached hydrogen (secondary N) is 3. The van der Waals surface area contributed by atoms with Crippen molar-refractivity contribution in [1.82, 2.24) is 19.1 Å². The van der Waals surface area contributed by atoms with E-state index in [-0.39, 0.29) is 11.8 Å². The highest BCUT2D eigenvalue weighted by molar-refractivity contribution is 9.10. The van der Waals surface area contributed by atoms with Crippen LogP contribution in [-0.2, 0) is 18.8 Å². The first-order valence-corrected chi connectivity index (χ1v) is 14.7. The number of carbonyl (C=O) groups is 3. The molecule has 2 aromatic heterocycles. The molecular weight excluding hydrogens is 638 g/mol. The predicted octanol–water partition coefficient (Wildman–Crippen LogP) is 7.12. The van der Waals surface area contributed by atoms with E-state index in [0.717, 1.165) is 11.3 Å². The van der Waals surface area contributed by atoms with Crippen molar-refractivity contribution in [2.75, 3.05) is 16.0 Å². The van der Waals surface area contributed by atoms with Gasteiger partial charge < -0.3 is 24.5 Å². The number of hydrogen-bond donors (Lipinski definition) is 3. The summed E-state index contributed by atoms with van der Waals surface area (Å²) in [5.41, 5.74) is 3.00. The maximum atomic E-state index is 12.5. The molecule has 12 heteroatoms. The zero-order valence-corrected chi connectivity index (χ0v) is 27.1. The number of rotatable bonds is 6. The molecule has 45 heavy (non-hydrogen) atoms. The molecule has 0 fully saturated rings. The third-order valence-corrected chi connectivity index (χ3v) is 6.40. The van der Waals surface area contributed by atoms with Crippen molar-refractivity contribution in [2.24, 2.45) is 14.1 Å². The van der Waals surface area contributed by atoms with Gasteiger partial charge in [-0.05, 0) is 73.1 Å². The number of amides is 3. The Bertz CT molecular complexity index is 1760.